The zero-order chi connectivity index (χ0) is 30.1. The smallest absolute Gasteiger partial charge is 0.254 e. The highest BCUT2D eigenvalue weighted by atomic mass is 32.2. The van der Waals surface area contributed by atoms with Crippen LogP contribution >= 0.6 is 0 Å². The molecule has 1 aliphatic carbocycles. The van der Waals surface area contributed by atoms with Gasteiger partial charge in [0.2, 0.25) is 15.9 Å². The van der Waals surface area contributed by atoms with Gasteiger partial charge in [-0.25, -0.2) is 26.0 Å². The van der Waals surface area contributed by atoms with Crippen molar-refractivity contribution < 1.29 is 35.6 Å². The van der Waals surface area contributed by atoms with Crippen LogP contribution in [0.5, 0.6) is 0 Å². The molecular formula is C28H34F4N4O4S. The Bertz CT molecular complexity index is 1430. The van der Waals surface area contributed by atoms with E-state index in [0.29, 0.717) is 55.5 Å². The first-order valence-electron chi connectivity index (χ1n) is 13.7. The standard InChI is InChI=1S/C28H34F4N4O4S/c1-3-35(4-2)41(39,40)26-12-20(21(29)13-24(26)32)28(38)34-15-17-6-5-9-36(17)27(37)14-25(33)18-8-7-16-10-22(30)23(31)11-19(16)18/h10-13,17-18,25H,3-9,14-15,33H2,1-2H3,(H,34,38)/t17-,18-,25-/m0/s1. The minimum atomic E-state index is -4.29. The number of sulfonamides is 1. The first-order chi connectivity index (χ1) is 19.4. The minimum Gasteiger partial charge on any atom is -0.350 e. The summed E-state index contributed by atoms with van der Waals surface area (Å²) in [7, 11) is -4.29. The highest BCUT2D eigenvalue weighted by Gasteiger charge is 2.35. The molecule has 3 N–H and O–H groups in total. The van der Waals surface area contributed by atoms with Gasteiger partial charge >= 0.3 is 0 Å². The fourth-order valence-corrected chi connectivity index (χ4v) is 7.35. The van der Waals surface area contributed by atoms with Crippen LogP contribution in [0.1, 0.15) is 66.9 Å². The maximum Gasteiger partial charge on any atom is 0.254 e. The van der Waals surface area contributed by atoms with Gasteiger partial charge in [-0.15, -0.1) is 0 Å². The summed E-state index contributed by atoms with van der Waals surface area (Å²) in [6, 6.07) is 2.35. The maximum atomic E-state index is 14.6. The number of rotatable bonds is 10. The summed E-state index contributed by atoms with van der Waals surface area (Å²) in [5, 5.41) is 2.54. The number of benzene rings is 2. The molecule has 41 heavy (non-hydrogen) atoms. The topological polar surface area (TPSA) is 113 Å². The lowest BCUT2D eigenvalue weighted by Crippen LogP contribution is -2.45. The number of nitrogens with one attached hydrogen (secondary N) is 1. The minimum absolute atomic E-state index is 0.0350. The van der Waals surface area contributed by atoms with E-state index in [-0.39, 0.29) is 37.9 Å². The van der Waals surface area contributed by atoms with Crippen LogP contribution in [0.15, 0.2) is 29.2 Å². The fraction of sp³-hybridized carbons (Fsp3) is 0.500. The zero-order valence-corrected chi connectivity index (χ0v) is 23.7. The van der Waals surface area contributed by atoms with Crippen molar-refractivity contribution in [2.45, 2.75) is 68.8 Å². The van der Waals surface area contributed by atoms with Gasteiger partial charge in [0.25, 0.3) is 5.91 Å². The van der Waals surface area contributed by atoms with Crippen molar-refractivity contribution in [2.24, 2.45) is 5.73 Å². The molecule has 0 saturated carbocycles. The van der Waals surface area contributed by atoms with E-state index in [1.54, 1.807) is 18.7 Å². The Kier molecular flexibility index (Phi) is 9.39. The van der Waals surface area contributed by atoms with E-state index in [2.05, 4.69) is 5.32 Å². The van der Waals surface area contributed by atoms with Crippen LogP contribution in [0, 0.1) is 23.3 Å². The molecule has 3 atom stereocenters. The summed E-state index contributed by atoms with van der Waals surface area (Å²) in [6.45, 7) is 3.66. The van der Waals surface area contributed by atoms with Crippen LogP contribution in [0.3, 0.4) is 0 Å². The first-order valence-corrected chi connectivity index (χ1v) is 15.1. The lowest BCUT2D eigenvalue weighted by molar-refractivity contribution is -0.132. The summed E-state index contributed by atoms with van der Waals surface area (Å²) in [5.41, 5.74) is 7.02. The molecule has 13 heteroatoms. The van der Waals surface area contributed by atoms with Crippen LogP contribution in [0.25, 0.3) is 0 Å². The van der Waals surface area contributed by atoms with E-state index in [1.165, 1.54) is 6.07 Å². The summed E-state index contributed by atoms with van der Waals surface area (Å²) in [5.74, 6) is -5.88. The van der Waals surface area contributed by atoms with Gasteiger partial charge in [-0.3, -0.25) is 9.59 Å². The molecule has 0 spiro atoms. The average molecular weight is 599 g/mol. The van der Waals surface area contributed by atoms with Crippen molar-refractivity contribution in [3.8, 4) is 0 Å². The number of hydrogen-bond acceptors (Lipinski definition) is 5. The van der Waals surface area contributed by atoms with Gasteiger partial charge in [0.05, 0.1) is 5.56 Å². The first kappa shape index (κ1) is 30.9. The van der Waals surface area contributed by atoms with Gasteiger partial charge in [0, 0.05) is 56.7 Å². The van der Waals surface area contributed by atoms with Crippen LogP contribution in [-0.4, -0.2) is 67.7 Å². The van der Waals surface area contributed by atoms with Crippen molar-refractivity contribution >= 4 is 21.8 Å². The normalized spacial score (nSPS) is 19.5. The van der Waals surface area contributed by atoms with E-state index in [4.69, 9.17) is 5.73 Å². The van der Waals surface area contributed by atoms with Crippen LogP contribution < -0.4 is 11.1 Å². The quantitative estimate of drug-likeness (QED) is 0.407. The number of fused-ring (bicyclic) bond motifs is 1. The van der Waals surface area contributed by atoms with Crippen LogP contribution in [0.4, 0.5) is 17.6 Å². The molecular weight excluding hydrogens is 564 g/mol. The Labute approximate surface area is 236 Å². The average Bonchev–Trinajstić information content (AvgIpc) is 3.55. The van der Waals surface area contributed by atoms with Crippen molar-refractivity contribution in [3.05, 3.63) is 64.2 Å². The lowest BCUT2D eigenvalue weighted by Gasteiger charge is -2.28. The number of hydrogen-bond donors (Lipinski definition) is 2. The summed E-state index contributed by atoms with van der Waals surface area (Å²) in [6.07, 6.45) is 2.30. The third kappa shape index (κ3) is 6.26. The van der Waals surface area contributed by atoms with Crippen LogP contribution in [-0.2, 0) is 21.2 Å². The van der Waals surface area contributed by atoms with Gasteiger partial charge in [-0.2, -0.15) is 4.31 Å². The molecule has 1 heterocycles. The van der Waals surface area contributed by atoms with Crippen molar-refractivity contribution in [2.75, 3.05) is 26.2 Å². The molecule has 1 aliphatic heterocycles. The molecule has 4 rings (SSSR count). The molecule has 2 amide bonds. The molecule has 1 fully saturated rings. The number of carbonyl (C=O) groups is 2. The number of nitrogens with zero attached hydrogens (tertiary/aromatic N) is 2. The Hall–Kier alpha value is -3.03. The Morgan fingerprint density at radius 2 is 1.71 bits per heavy atom. The van der Waals surface area contributed by atoms with E-state index in [0.717, 1.165) is 10.4 Å². The highest BCUT2D eigenvalue weighted by Crippen LogP contribution is 2.37. The number of nitrogens with two attached hydrogens (primary N) is 1. The third-order valence-corrected chi connectivity index (χ3v) is 10.1. The Morgan fingerprint density at radius 1 is 1.02 bits per heavy atom. The molecule has 0 unspecified atom stereocenters. The molecule has 0 bridgehead atoms. The molecule has 8 nitrogen and oxygen atoms in total. The molecule has 2 aliphatic rings. The number of carbonyl (C=O) groups excluding carboxylic acids is 2. The van der Waals surface area contributed by atoms with Gasteiger partial charge in [0.15, 0.2) is 11.6 Å². The van der Waals surface area contributed by atoms with Gasteiger partial charge in [-0.1, -0.05) is 13.8 Å². The molecule has 0 radical (unpaired) electrons. The fourth-order valence-electron chi connectivity index (χ4n) is 5.82. The largest absolute Gasteiger partial charge is 0.350 e. The second-order valence-corrected chi connectivity index (χ2v) is 12.3. The second-order valence-electron chi connectivity index (χ2n) is 10.4. The molecule has 2 aromatic carbocycles. The Morgan fingerprint density at radius 3 is 2.39 bits per heavy atom. The summed E-state index contributed by atoms with van der Waals surface area (Å²) in [4.78, 5) is 26.8. The van der Waals surface area contributed by atoms with Gasteiger partial charge in [-0.05, 0) is 55.0 Å². The molecule has 0 aromatic heterocycles. The predicted octanol–water partition coefficient (Wildman–Crippen LogP) is 3.44. The van der Waals surface area contributed by atoms with Crippen molar-refractivity contribution in [1.82, 2.24) is 14.5 Å². The van der Waals surface area contributed by atoms with Gasteiger partial charge in [0.1, 0.15) is 16.5 Å². The predicted molar refractivity (Wildman–Crippen MR) is 144 cm³/mol. The number of amides is 2. The SMILES string of the molecule is CCN(CC)S(=O)(=O)c1cc(C(=O)NC[C@@H]2CCCN2C(=O)C[C@H](N)[C@H]2CCc3cc(F)c(F)cc32)c(F)cc1F. The molecule has 2 aromatic rings. The van der Waals surface area contributed by atoms with E-state index >= 15 is 0 Å². The van der Waals surface area contributed by atoms with E-state index in [1.807, 2.05) is 0 Å². The second kappa shape index (κ2) is 12.5. The monoisotopic (exact) mass is 598 g/mol. The third-order valence-electron chi connectivity index (χ3n) is 8.02. The van der Waals surface area contributed by atoms with Gasteiger partial charge < -0.3 is 16.0 Å². The Balaban J connectivity index is 1.41. The zero-order valence-electron chi connectivity index (χ0n) is 22.9. The van der Waals surface area contributed by atoms with E-state index in [9.17, 15) is 35.6 Å². The maximum absolute atomic E-state index is 14.6. The lowest BCUT2D eigenvalue weighted by atomic mass is 9.91. The molecule has 224 valence electrons. The van der Waals surface area contributed by atoms with Crippen molar-refractivity contribution in [1.29, 1.82) is 0 Å². The van der Waals surface area contributed by atoms with Crippen LogP contribution in [0.2, 0.25) is 0 Å². The summed E-state index contributed by atoms with van der Waals surface area (Å²) >= 11 is 0. The highest BCUT2D eigenvalue weighted by molar-refractivity contribution is 7.89. The van der Waals surface area contributed by atoms with E-state index < -0.39 is 61.7 Å². The number of likely N-dealkylation sites (tertiary alicyclic amines) is 1. The summed E-state index contributed by atoms with van der Waals surface area (Å²) < 4.78 is 83.1. The van der Waals surface area contributed by atoms with Crippen molar-refractivity contribution in [3.63, 3.8) is 0 Å². The number of aryl methyl sites for hydroxylation is 1. The number of halogens is 4. The molecule has 1 saturated heterocycles.